The lowest BCUT2D eigenvalue weighted by Crippen LogP contribution is -2.54. The summed E-state index contributed by atoms with van der Waals surface area (Å²) in [5.74, 6) is 0.405. The minimum atomic E-state index is -0.130. The van der Waals surface area contributed by atoms with Gasteiger partial charge in [0.1, 0.15) is 6.10 Å². The number of hydrogen-bond acceptors (Lipinski definition) is 4. The molecule has 1 heterocycles. The third kappa shape index (κ3) is 3.23. The first kappa shape index (κ1) is 13.8. The predicted octanol–water partition coefficient (Wildman–Crippen LogP) is 1.83. The maximum Gasteiger partial charge on any atom is 0.302 e. The maximum absolute atomic E-state index is 11.2. The number of carbonyl (C=O) groups excluding carboxylic acids is 1. The zero-order chi connectivity index (χ0) is 13.0. The number of fused-ring (bicyclic) bond motifs is 1. The largest absolute Gasteiger partial charge is 0.462 e. The summed E-state index contributed by atoms with van der Waals surface area (Å²) in [6.07, 6.45) is 6.14. The van der Waals surface area contributed by atoms with Crippen molar-refractivity contribution in [3.63, 3.8) is 0 Å². The Kier molecular flexibility index (Phi) is 5.01. The highest BCUT2D eigenvalue weighted by Gasteiger charge is 2.40. The second kappa shape index (κ2) is 6.53. The lowest BCUT2D eigenvalue weighted by molar-refractivity contribution is -0.156. The Morgan fingerprint density at radius 3 is 2.78 bits per heavy atom. The zero-order valence-electron chi connectivity index (χ0n) is 11.6. The molecule has 0 unspecified atom stereocenters. The summed E-state index contributed by atoms with van der Waals surface area (Å²) >= 11 is 0. The number of ether oxygens (including phenoxy) is 2. The van der Waals surface area contributed by atoms with Crippen LogP contribution < -0.4 is 0 Å². The number of hydrogen-bond donors (Lipinski definition) is 0. The molecule has 1 saturated carbocycles. The molecule has 104 valence electrons. The van der Waals surface area contributed by atoms with Crippen molar-refractivity contribution in [3.8, 4) is 0 Å². The van der Waals surface area contributed by atoms with Gasteiger partial charge in [-0.1, -0.05) is 12.8 Å². The lowest BCUT2D eigenvalue weighted by Gasteiger charge is -2.47. The molecule has 0 spiro atoms. The Morgan fingerprint density at radius 1 is 1.28 bits per heavy atom. The molecule has 4 heteroatoms. The monoisotopic (exact) mass is 255 g/mol. The van der Waals surface area contributed by atoms with E-state index in [1.807, 2.05) is 0 Å². The fourth-order valence-corrected chi connectivity index (χ4v) is 3.55. The summed E-state index contributed by atoms with van der Waals surface area (Å²) in [6.45, 7) is 4.35. The van der Waals surface area contributed by atoms with Gasteiger partial charge in [0.15, 0.2) is 0 Å². The van der Waals surface area contributed by atoms with Crippen molar-refractivity contribution in [1.82, 2.24) is 4.90 Å². The molecule has 0 N–H and O–H groups in total. The van der Waals surface area contributed by atoms with E-state index in [1.54, 1.807) is 7.11 Å². The minimum Gasteiger partial charge on any atom is -0.462 e. The van der Waals surface area contributed by atoms with Crippen LogP contribution in [0.5, 0.6) is 0 Å². The molecule has 0 radical (unpaired) electrons. The summed E-state index contributed by atoms with van der Waals surface area (Å²) < 4.78 is 10.7. The van der Waals surface area contributed by atoms with Crippen LogP contribution in [-0.2, 0) is 14.3 Å². The number of rotatable bonds is 4. The molecule has 2 rings (SSSR count). The first-order chi connectivity index (χ1) is 8.72. The van der Waals surface area contributed by atoms with Crippen LogP contribution in [-0.4, -0.2) is 49.8 Å². The van der Waals surface area contributed by atoms with Gasteiger partial charge in [-0.3, -0.25) is 9.69 Å². The third-order valence-electron chi connectivity index (χ3n) is 4.33. The van der Waals surface area contributed by atoms with Crippen molar-refractivity contribution in [3.05, 3.63) is 0 Å². The van der Waals surface area contributed by atoms with Crippen molar-refractivity contribution in [1.29, 1.82) is 0 Å². The van der Waals surface area contributed by atoms with Gasteiger partial charge in [0, 0.05) is 39.1 Å². The van der Waals surface area contributed by atoms with Gasteiger partial charge in [0.05, 0.1) is 6.61 Å². The van der Waals surface area contributed by atoms with Crippen molar-refractivity contribution < 1.29 is 14.3 Å². The topological polar surface area (TPSA) is 38.8 Å². The molecule has 0 aromatic heterocycles. The van der Waals surface area contributed by atoms with Gasteiger partial charge < -0.3 is 9.47 Å². The van der Waals surface area contributed by atoms with Crippen molar-refractivity contribution in [2.75, 3.05) is 26.8 Å². The number of nitrogens with zero attached hydrogens (tertiary/aromatic N) is 1. The molecule has 0 bridgehead atoms. The van der Waals surface area contributed by atoms with Gasteiger partial charge in [0.25, 0.3) is 0 Å². The van der Waals surface area contributed by atoms with Crippen LogP contribution in [0.1, 0.15) is 39.0 Å². The van der Waals surface area contributed by atoms with E-state index in [0.717, 1.165) is 26.1 Å². The van der Waals surface area contributed by atoms with E-state index in [1.165, 1.54) is 32.6 Å². The molecule has 0 amide bonds. The van der Waals surface area contributed by atoms with E-state index in [4.69, 9.17) is 9.47 Å². The molecule has 1 aliphatic heterocycles. The summed E-state index contributed by atoms with van der Waals surface area (Å²) in [5.41, 5.74) is 0. The van der Waals surface area contributed by atoms with E-state index in [0.29, 0.717) is 12.0 Å². The summed E-state index contributed by atoms with van der Waals surface area (Å²) in [5, 5.41) is 0. The standard InChI is InChI=1S/C14H25NO3/c1-11(16)18-14-7-8-15(9-10-17-2)13-6-4-3-5-12(13)14/h12-14H,3-10H2,1-2H3/t12-,13+,14+/m1/s1. The molecule has 2 aliphatic rings. The average molecular weight is 255 g/mol. The minimum absolute atomic E-state index is 0.130. The van der Waals surface area contributed by atoms with Gasteiger partial charge in [-0.2, -0.15) is 0 Å². The smallest absolute Gasteiger partial charge is 0.302 e. The molecule has 4 nitrogen and oxygen atoms in total. The Labute approximate surface area is 110 Å². The molecule has 1 saturated heterocycles. The molecule has 18 heavy (non-hydrogen) atoms. The van der Waals surface area contributed by atoms with Crippen LogP contribution in [0.15, 0.2) is 0 Å². The second-order valence-electron chi connectivity index (χ2n) is 5.48. The Morgan fingerprint density at radius 2 is 2.06 bits per heavy atom. The number of methoxy groups -OCH3 is 1. The van der Waals surface area contributed by atoms with Gasteiger partial charge in [-0.15, -0.1) is 0 Å². The van der Waals surface area contributed by atoms with Gasteiger partial charge >= 0.3 is 5.97 Å². The summed E-state index contributed by atoms with van der Waals surface area (Å²) in [7, 11) is 1.75. The van der Waals surface area contributed by atoms with Crippen LogP contribution in [0.4, 0.5) is 0 Å². The molecule has 1 aliphatic carbocycles. The van der Waals surface area contributed by atoms with Crippen LogP contribution in [0.25, 0.3) is 0 Å². The highest BCUT2D eigenvalue weighted by molar-refractivity contribution is 5.66. The Balaban J connectivity index is 1.98. The van der Waals surface area contributed by atoms with Gasteiger partial charge in [0.2, 0.25) is 0 Å². The molecule has 3 atom stereocenters. The fourth-order valence-electron chi connectivity index (χ4n) is 3.55. The van der Waals surface area contributed by atoms with Gasteiger partial charge in [-0.05, 0) is 19.3 Å². The molecule has 0 aromatic rings. The SMILES string of the molecule is COCCN1CC[C@H](OC(C)=O)[C@@H]2CCCC[C@@H]21. The van der Waals surface area contributed by atoms with E-state index < -0.39 is 0 Å². The highest BCUT2D eigenvalue weighted by Crippen LogP contribution is 2.36. The number of piperidine rings is 1. The first-order valence-electron chi connectivity index (χ1n) is 7.12. The summed E-state index contributed by atoms with van der Waals surface area (Å²) in [4.78, 5) is 13.7. The van der Waals surface area contributed by atoms with E-state index in [2.05, 4.69) is 4.90 Å². The van der Waals surface area contributed by atoms with E-state index in [-0.39, 0.29) is 12.1 Å². The van der Waals surface area contributed by atoms with Gasteiger partial charge in [-0.25, -0.2) is 0 Å². The Hall–Kier alpha value is -0.610. The fraction of sp³-hybridized carbons (Fsp3) is 0.929. The number of carbonyl (C=O) groups is 1. The highest BCUT2D eigenvalue weighted by atomic mass is 16.5. The van der Waals surface area contributed by atoms with Crippen molar-refractivity contribution >= 4 is 5.97 Å². The number of likely N-dealkylation sites (tertiary alicyclic amines) is 1. The normalized spacial score (nSPS) is 32.9. The number of esters is 1. The average Bonchev–Trinajstić information content (AvgIpc) is 2.37. The van der Waals surface area contributed by atoms with Crippen LogP contribution in [0.2, 0.25) is 0 Å². The maximum atomic E-state index is 11.2. The second-order valence-corrected chi connectivity index (χ2v) is 5.48. The molecular weight excluding hydrogens is 230 g/mol. The molecule has 2 fully saturated rings. The molecule has 0 aromatic carbocycles. The quantitative estimate of drug-likeness (QED) is 0.718. The third-order valence-corrected chi connectivity index (χ3v) is 4.33. The lowest BCUT2D eigenvalue weighted by atomic mass is 9.76. The zero-order valence-corrected chi connectivity index (χ0v) is 11.6. The van der Waals surface area contributed by atoms with Crippen LogP contribution in [0.3, 0.4) is 0 Å². The summed E-state index contributed by atoms with van der Waals surface area (Å²) in [6, 6.07) is 0.590. The Bertz CT molecular complexity index is 282. The first-order valence-corrected chi connectivity index (χ1v) is 7.12. The van der Waals surface area contributed by atoms with E-state index in [9.17, 15) is 4.79 Å². The predicted molar refractivity (Wildman–Crippen MR) is 69.4 cm³/mol. The molecular formula is C14H25NO3. The van der Waals surface area contributed by atoms with Crippen LogP contribution >= 0.6 is 0 Å². The van der Waals surface area contributed by atoms with Crippen molar-refractivity contribution in [2.45, 2.75) is 51.2 Å². The van der Waals surface area contributed by atoms with Crippen LogP contribution in [0, 0.1) is 5.92 Å². The van der Waals surface area contributed by atoms with E-state index >= 15 is 0 Å². The van der Waals surface area contributed by atoms with Crippen molar-refractivity contribution in [2.24, 2.45) is 5.92 Å².